The van der Waals surface area contributed by atoms with Crippen LogP contribution >= 0.6 is 0 Å². The van der Waals surface area contributed by atoms with Crippen molar-refractivity contribution in [1.82, 2.24) is 0 Å². The average molecular weight is 782 g/mol. The third-order valence-corrected chi connectivity index (χ3v) is 12.1. The van der Waals surface area contributed by atoms with Crippen molar-refractivity contribution in [3.8, 4) is 0 Å². The second kappa shape index (κ2) is 17.3. The van der Waals surface area contributed by atoms with Crippen LogP contribution in [0, 0.1) is 55.4 Å². The van der Waals surface area contributed by atoms with Gasteiger partial charge in [0.15, 0.2) is 18.6 Å². The van der Waals surface area contributed by atoms with Crippen molar-refractivity contribution >= 4 is 52.8 Å². The van der Waals surface area contributed by atoms with Crippen LogP contribution in [0.25, 0.3) is 0 Å². The van der Waals surface area contributed by atoms with Crippen molar-refractivity contribution in [3.63, 3.8) is 0 Å². The van der Waals surface area contributed by atoms with E-state index in [0.29, 0.717) is 0 Å². The molecule has 0 spiro atoms. The zero-order chi connectivity index (χ0) is 42.0. The first-order chi connectivity index (χ1) is 28.3. The molecule has 9 rings (SSSR count). The van der Waals surface area contributed by atoms with Crippen LogP contribution in [-0.2, 0) is 0 Å². The zero-order valence-electron chi connectivity index (χ0n) is 37.0. The summed E-state index contributed by atoms with van der Waals surface area (Å²) in [7, 11) is 6.49. The first kappa shape index (κ1) is 40.9. The Balaban J connectivity index is 0.000000134. The van der Waals surface area contributed by atoms with E-state index in [2.05, 4.69) is 239 Å². The van der Waals surface area contributed by atoms with Crippen LogP contribution in [0.2, 0.25) is 0 Å². The number of para-hydroxylation sites is 3. The first-order valence-electron chi connectivity index (χ1n) is 20.8. The molecule has 0 aliphatic carbocycles. The zero-order valence-corrected chi connectivity index (χ0v) is 37.0. The van der Waals surface area contributed by atoms with E-state index in [0.717, 1.165) is 20.0 Å². The van der Waals surface area contributed by atoms with Crippen LogP contribution in [0.3, 0.4) is 0 Å². The fourth-order valence-electron chi connectivity index (χ4n) is 8.75. The lowest BCUT2D eigenvalue weighted by Crippen LogP contribution is -2.33. The Labute approximate surface area is 353 Å². The van der Waals surface area contributed by atoms with Crippen LogP contribution in [0.4, 0.5) is 34.1 Å². The number of benzene rings is 6. The van der Waals surface area contributed by atoms with Gasteiger partial charge in [-0.15, -0.1) is 0 Å². The van der Waals surface area contributed by atoms with Crippen molar-refractivity contribution in [1.29, 1.82) is 0 Å². The Bertz CT molecular complexity index is 2580. The summed E-state index contributed by atoms with van der Waals surface area (Å²) < 4.78 is 6.91. The molecule has 6 aromatic carbocycles. The third-order valence-electron chi connectivity index (χ3n) is 12.1. The molecule has 0 bridgehead atoms. The van der Waals surface area contributed by atoms with Gasteiger partial charge in [-0.25, -0.2) is 0 Å². The SMILES string of the molecule is Cc1cc(C)c2c(c1)N(C)C[N+](c1ccccc1)=C2.Cc1cc(C)c2c(c1C)C=[N+](c1ccccc1)CN2C.Cc1cc2c(c(C)c1C)N(C)C[N+](c1ccccc1)=C2. The predicted octanol–water partition coefficient (Wildman–Crippen LogP) is 11.0. The molecule has 3 aliphatic rings. The fourth-order valence-corrected chi connectivity index (χ4v) is 8.75. The van der Waals surface area contributed by atoms with Gasteiger partial charge in [0.1, 0.15) is 0 Å². The molecule has 0 radical (unpaired) electrons. The minimum absolute atomic E-state index is 0.889. The van der Waals surface area contributed by atoms with E-state index in [-0.39, 0.29) is 0 Å². The van der Waals surface area contributed by atoms with E-state index < -0.39 is 0 Å². The van der Waals surface area contributed by atoms with E-state index in [4.69, 9.17) is 0 Å². The topological polar surface area (TPSA) is 18.8 Å². The van der Waals surface area contributed by atoms with Crippen molar-refractivity contribution in [2.45, 2.75) is 55.4 Å². The molecule has 0 fully saturated rings. The van der Waals surface area contributed by atoms with Crippen LogP contribution in [-0.4, -0.2) is 73.5 Å². The number of hydrogen-bond acceptors (Lipinski definition) is 3. The fraction of sp³-hybridized carbons (Fsp3) is 0.264. The van der Waals surface area contributed by atoms with Gasteiger partial charge in [-0.2, -0.15) is 13.7 Å². The maximum Gasteiger partial charge on any atom is 0.224 e. The largest absolute Gasteiger partial charge is 0.319 e. The number of fused-ring (bicyclic) bond motifs is 3. The van der Waals surface area contributed by atoms with Crippen molar-refractivity contribution < 1.29 is 13.7 Å². The van der Waals surface area contributed by atoms with Gasteiger partial charge in [-0.1, -0.05) is 66.7 Å². The molecule has 6 heteroatoms. The molecule has 300 valence electrons. The standard InChI is InChI=1S/2C18H21N2.C17H19N2/c1-13-10-16-11-20(17-8-6-5-7-9-17)12-19(4)18(16)15(3)14(13)2;1-13-10-14(2)18-17(15(13)3)11-20(12-19(18)4)16-8-6-5-7-9-16;1-13-9-14(2)16-11-19(12-18(3)17(16)10-13)15-7-5-4-6-8-15/h2*5-11H,12H2,1-4H3;4-11H,12H2,1-3H3/q3*+1. The monoisotopic (exact) mass is 781 g/mol. The molecule has 6 nitrogen and oxygen atoms in total. The van der Waals surface area contributed by atoms with Gasteiger partial charge in [0, 0.05) is 57.5 Å². The van der Waals surface area contributed by atoms with E-state index >= 15 is 0 Å². The first-order valence-corrected chi connectivity index (χ1v) is 20.8. The third kappa shape index (κ3) is 8.63. The van der Waals surface area contributed by atoms with Crippen LogP contribution < -0.4 is 14.7 Å². The molecule has 59 heavy (non-hydrogen) atoms. The maximum absolute atomic E-state index is 2.34. The molecule has 3 aliphatic heterocycles. The summed E-state index contributed by atoms with van der Waals surface area (Å²) in [4.78, 5) is 6.98. The predicted molar refractivity (Wildman–Crippen MR) is 252 cm³/mol. The Kier molecular flexibility index (Phi) is 12.0. The van der Waals surface area contributed by atoms with E-state index in [9.17, 15) is 0 Å². The van der Waals surface area contributed by atoms with E-state index in [1.54, 1.807) is 0 Å². The molecular formula is C53H61N6+3. The van der Waals surface area contributed by atoms with Crippen molar-refractivity contribution in [3.05, 3.63) is 176 Å². The van der Waals surface area contributed by atoms with Crippen LogP contribution in [0.1, 0.15) is 61.2 Å². The number of anilines is 3. The van der Waals surface area contributed by atoms with Crippen LogP contribution in [0.5, 0.6) is 0 Å². The molecule has 0 saturated heterocycles. The second-order valence-corrected chi connectivity index (χ2v) is 16.6. The molecule has 0 amide bonds. The normalized spacial score (nSPS) is 14.0. The van der Waals surface area contributed by atoms with Crippen molar-refractivity contribution in [2.75, 3.05) is 55.8 Å². The summed E-state index contributed by atoms with van der Waals surface area (Å²) in [5.41, 5.74) is 22.6. The van der Waals surface area contributed by atoms with Gasteiger partial charge in [-0.3, -0.25) is 0 Å². The lowest BCUT2D eigenvalue weighted by atomic mass is 9.96. The lowest BCUT2D eigenvalue weighted by molar-refractivity contribution is -0.435. The molecular weight excluding hydrogens is 721 g/mol. The summed E-state index contributed by atoms with van der Waals surface area (Å²) >= 11 is 0. The molecule has 0 atom stereocenters. The van der Waals surface area contributed by atoms with E-state index in [1.165, 1.54) is 95.3 Å². The summed E-state index contributed by atoms with van der Waals surface area (Å²) in [6.07, 6.45) is 6.82. The molecule has 0 unspecified atom stereocenters. The Morgan fingerprint density at radius 3 is 1.39 bits per heavy atom. The molecule has 3 heterocycles. The summed E-state index contributed by atoms with van der Waals surface area (Å²) in [5.74, 6) is 0. The van der Waals surface area contributed by atoms with Gasteiger partial charge < -0.3 is 14.7 Å². The highest BCUT2D eigenvalue weighted by molar-refractivity contribution is 5.91. The van der Waals surface area contributed by atoms with Gasteiger partial charge in [0.05, 0.1) is 33.8 Å². The minimum Gasteiger partial charge on any atom is -0.319 e. The van der Waals surface area contributed by atoms with Crippen LogP contribution in [0.15, 0.2) is 115 Å². The van der Waals surface area contributed by atoms with Gasteiger partial charge in [-0.05, 0) is 112 Å². The molecule has 0 aromatic heterocycles. The van der Waals surface area contributed by atoms with Gasteiger partial charge >= 0.3 is 0 Å². The van der Waals surface area contributed by atoms with Crippen molar-refractivity contribution in [2.24, 2.45) is 0 Å². The second-order valence-electron chi connectivity index (χ2n) is 16.6. The van der Waals surface area contributed by atoms with Gasteiger partial charge in [0.2, 0.25) is 37.1 Å². The molecule has 6 aromatic rings. The average Bonchev–Trinajstić information content (AvgIpc) is 3.23. The lowest BCUT2D eigenvalue weighted by Gasteiger charge is -2.27. The highest BCUT2D eigenvalue weighted by Crippen LogP contribution is 2.33. The number of aryl methyl sites for hydroxylation is 5. The maximum atomic E-state index is 2.34. The molecule has 0 saturated carbocycles. The summed E-state index contributed by atoms with van der Waals surface area (Å²) in [6, 6.07) is 40.7. The van der Waals surface area contributed by atoms with E-state index in [1.807, 2.05) is 0 Å². The Morgan fingerprint density at radius 1 is 0.390 bits per heavy atom. The Morgan fingerprint density at radius 2 is 0.847 bits per heavy atom. The Hall–Kier alpha value is -6.27. The number of nitrogens with zero attached hydrogens (tertiary/aromatic N) is 6. The minimum atomic E-state index is 0.889. The highest BCUT2D eigenvalue weighted by atomic mass is 15.3. The highest BCUT2D eigenvalue weighted by Gasteiger charge is 2.27. The molecule has 0 N–H and O–H groups in total. The summed E-state index contributed by atoms with van der Waals surface area (Å²) in [6.45, 7) is 20.2. The number of hydrogen-bond donors (Lipinski definition) is 0. The number of rotatable bonds is 3. The van der Waals surface area contributed by atoms with Gasteiger partial charge in [0.25, 0.3) is 0 Å². The quantitative estimate of drug-likeness (QED) is 0.167. The smallest absolute Gasteiger partial charge is 0.224 e. The summed E-state index contributed by atoms with van der Waals surface area (Å²) in [5, 5.41) is 0.